The summed E-state index contributed by atoms with van der Waals surface area (Å²) in [6.07, 6.45) is 0. The van der Waals surface area contributed by atoms with Crippen molar-refractivity contribution in [1.29, 1.82) is 0 Å². The van der Waals surface area contributed by atoms with E-state index in [2.05, 4.69) is 81.1 Å². The first kappa shape index (κ1) is 15.3. The van der Waals surface area contributed by atoms with E-state index in [0.717, 1.165) is 16.0 Å². The van der Waals surface area contributed by atoms with Crippen molar-refractivity contribution in [2.45, 2.75) is 13.0 Å². The Morgan fingerprint density at radius 1 is 1.21 bits per heavy atom. The van der Waals surface area contributed by atoms with Crippen molar-refractivity contribution < 1.29 is 0 Å². The van der Waals surface area contributed by atoms with Crippen LogP contribution in [-0.2, 0) is 0 Å². The highest BCUT2D eigenvalue weighted by Crippen LogP contribution is 2.30. The van der Waals surface area contributed by atoms with Gasteiger partial charge in [-0.1, -0.05) is 46.6 Å². The van der Waals surface area contributed by atoms with Gasteiger partial charge in [0.15, 0.2) is 0 Å². The third kappa shape index (κ3) is 3.94. The van der Waals surface area contributed by atoms with Crippen LogP contribution in [0.25, 0.3) is 0 Å². The van der Waals surface area contributed by atoms with Crippen LogP contribution in [0.4, 0.5) is 0 Å². The Morgan fingerprint density at radius 2 is 1.89 bits per heavy atom. The zero-order valence-electron chi connectivity index (χ0n) is 10.5. The molecule has 1 unspecified atom stereocenters. The fourth-order valence-corrected chi connectivity index (χ4v) is 3.12. The number of hydrogen-bond donors (Lipinski definition) is 1. The molecular formula is C15H14BrClIN. The van der Waals surface area contributed by atoms with Gasteiger partial charge in [-0.05, 0) is 70.6 Å². The van der Waals surface area contributed by atoms with Crippen molar-refractivity contribution in [1.82, 2.24) is 5.32 Å². The van der Waals surface area contributed by atoms with Gasteiger partial charge in [0, 0.05) is 13.1 Å². The minimum atomic E-state index is 0.173. The van der Waals surface area contributed by atoms with Gasteiger partial charge in [0.2, 0.25) is 0 Å². The monoisotopic (exact) mass is 449 g/mol. The quantitative estimate of drug-likeness (QED) is 0.615. The molecule has 0 saturated heterocycles. The number of benzene rings is 2. The van der Waals surface area contributed by atoms with Gasteiger partial charge in [-0.3, -0.25) is 0 Å². The van der Waals surface area contributed by atoms with Gasteiger partial charge in [0.25, 0.3) is 0 Å². The Morgan fingerprint density at radius 3 is 2.53 bits per heavy atom. The fourth-order valence-electron chi connectivity index (χ4n) is 2.00. The molecule has 0 aliphatic rings. The molecule has 0 saturated carbocycles. The number of rotatable bonds is 4. The Labute approximate surface area is 141 Å². The van der Waals surface area contributed by atoms with Crippen LogP contribution in [0, 0.1) is 3.57 Å². The molecule has 2 rings (SSSR count). The maximum absolute atomic E-state index is 5.97. The van der Waals surface area contributed by atoms with E-state index in [1.54, 1.807) is 0 Å². The zero-order valence-corrected chi connectivity index (χ0v) is 15.0. The molecule has 2 aromatic rings. The predicted octanol–water partition coefficient (Wildman–Crippen LogP) is 5.41. The molecule has 1 nitrogen and oxygen atoms in total. The summed E-state index contributed by atoms with van der Waals surface area (Å²) in [7, 11) is 0. The van der Waals surface area contributed by atoms with Gasteiger partial charge in [0.1, 0.15) is 0 Å². The fraction of sp³-hybridized carbons (Fsp3) is 0.200. The average Bonchev–Trinajstić information content (AvgIpc) is 2.40. The van der Waals surface area contributed by atoms with E-state index in [4.69, 9.17) is 11.6 Å². The molecule has 100 valence electrons. The number of nitrogens with one attached hydrogen (secondary N) is 1. The highest BCUT2D eigenvalue weighted by atomic mass is 127. The Balaban J connectivity index is 2.44. The van der Waals surface area contributed by atoms with Crippen LogP contribution in [0.5, 0.6) is 0 Å². The molecule has 0 radical (unpaired) electrons. The van der Waals surface area contributed by atoms with Crippen LogP contribution in [0.2, 0.25) is 5.02 Å². The van der Waals surface area contributed by atoms with Crippen molar-refractivity contribution in [2.24, 2.45) is 0 Å². The summed E-state index contributed by atoms with van der Waals surface area (Å²) in [5, 5.41) is 4.29. The second-order valence-corrected chi connectivity index (χ2v) is 6.74. The molecule has 0 spiro atoms. The van der Waals surface area contributed by atoms with E-state index in [-0.39, 0.29) is 6.04 Å². The largest absolute Gasteiger partial charge is 0.306 e. The zero-order chi connectivity index (χ0) is 13.8. The molecule has 0 heterocycles. The maximum Gasteiger partial charge on any atom is 0.0588 e. The van der Waals surface area contributed by atoms with E-state index < -0.39 is 0 Å². The molecule has 2 aromatic carbocycles. The van der Waals surface area contributed by atoms with Gasteiger partial charge < -0.3 is 5.32 Å². The first-order chi connectivity index (χ1) is 9.11. The first-order valence-electron chi connectivity index (χ1n) is 6.05. The summed E-state index contributed by atoms with van der Waals surface area (Å²) < 4.78 is 2.35. The Hall–Kier alpha value is -0.100. The second kappa shape index (κ2) is 7.07. The van der Waals surface area contributed by atoms with E-state index in [1.807, 2.05) is 12.1 Å². The molecule has 0 bridgehead atoms. The Kier molecular flexibility index (Phi) is 5.69. The molecule has 0 amide bonds. The molecule has 1 N–H and O–H groups in total. The lowest BCUT2D eigenvalue weighted by Crippen LogP contribution is -2.22. The predicted molar refractivity (Wildman–Crippen MR) is 93.8 cm³/mol. The van der Waals surface area contributed by atoms with Gasteiger partial charge in [0.05, 0.1) is 6.04 Å². The average molecular weight is 451 g/mol. The van der Waals surface area contributed by atoms with Crippen molar-refractivity contribution in [3.8, 4) is 0 Å². The summed E-state index contributed by atoms with van der Waals surface area (Å²) >= 11 is 11.9. The molecule has 0 aliphatic heterocycles. The third-order valence-electron chi connectivity index (χ3n) is 2.88. The minimum Gasteiger partial charge on any atom is -0.306 e. The summed E-state index contributed by atoms with van der Waals surface area (Å²) in [5.74, 6) is 0. The molecule has 0 aliphatic carbocycles. The summed E-state index contributed by atoms with van der Waals surface area (Å²) in [4.78, 5) is 0. The highest BCUT2D eigenvalue weighted by Gasteiger charge is 2.16. The minimum absolute atomic E-state index is 0.173. The van der Waals surface area contributed by atoms with Gasteiger partial charge in [-0.25, -0.2) is 0 Å². The van der Waals surface area contributed by atoms with Crippen LogP contribution < -0.4 is 5.32 Å². The first-order valence-corrected chi connectivity index (χ1v) is 8.30. The lowest BCUT2D eigenvalue weighted by atomic mass is 9.99. The summed E-state index contributed by atoms with van der Waals surface area (Å²) in [6.45, 7) is 3.02. The number of hydrogen-bond acceptors (Lipinski definition) is 1. The molecule has 19 heavy (non-hydrogen) atoms. The molecular weight excluding hydrogens is 436 g/mol. The smallest absolute Gasteiger partial charge is 0.0588 e. The molecule has 1 atom stereocenters. The van der Waals surface area contributed by atoms with Crippen LogP contribution in [-0.4, -0.2) is 6.54 Å². The highest BCUT2D eigenvalue weighted by molar-refractivity contribution is 14.1. The van der Waals surface area contributed by atoms with Crippen LogP contribution in [0.1, 0.15) is 24.1 Å². The summed E-state index contributed by atoms with van der Waals surface area (Å²) in [6, 6.07) is 14.6. The molecule has 0 aromatic heterocycles. The van der Waals surface area contributed by atoms with Gasteiger partial charge >= 0.3 is 0 Å². The summed E-state index contributed by atoms with van der Waals surface area (Å²) in [5.41, 5.74) is 2.46. The topological polar surface area (TPSA) is 12.0 Å². The molecule has 0 fully saturated rings. The lowest BCUT2D eigenvalue weighted by molar-refractivity contribution is 0.628. The SMILES string of the molecule is CCNC(c1ccc(Cl)cc1)c1cc(I)ccc1Br. The van der Waals surface area contributed by atoms with Crippen LogP contribution >= 0.6 is 50.1 Å². The van der Waals surface area contributed by atoms with Crippen molar-refractivity contribution in [2.75, 3.05) is 6.54 Å². The third-order valence-corrected chi connectivity index (χ3v) is 4.53. The van der Waals surface area contributed by atoms with Gasteiger partial charge in [-0.15, -0.1) is 0 Å². The van der Waals surface area contributed by atoms with Crippen molar-refractivity contribution in [3.63, 3.8) is 0 Å². The van der Waals surface area contributed by atoms with E-state index in [1.165, 1.54) is 14.7 Å². The van der Waals surface area contributed by atoms with Crippen molar-refractivity contribution in [3.05, 3.63) is 66.7 Å². The normalized spacial score (nSPS) is 12.4. The molecule has 4 heteroatoms. The van der Waals surface area contributed by atoms with Crippen LogP contribution in [0.15, 0.2) is 46.9 Å². The van der Waals surface area contributed by atoms with Gasteiger partial charge in [-0.2, -0.15) is 0 Å². The standard InChI is InChI=1S/C15H14BrClIN/c1-2-19-15(10-3-5-11(17)6-4-10)13-9-12(18)7-8-14(13)16/h3-9,15,19H,2H2,1H3. The number of halogens is 3. The second-order valence-electron chi connectivity index (χ2n) is 4.21. The van der Waals surface area contributed by atoms with Crippen LogP contribution in [0.3, 0.4) is 0 Å². The maximum atomic E-state index is 5.97. The van der Waals surface area contributed by atoms with E-state index in [0.29, 0.717) is 0 Å². The Bertz CT molecular complexity index is 557. The van der Waals surface area contributed by atoms with Crippen molar-refractivity contribution >= 4 is 50.1 Å². The lowest BCUT2D eigenvalue weighted by Gasteiger charge is -2.20. The van der Waals surface area contributed by atoms with E-state index >= 15 is 0 Å². The van der Waals surface area contributed by atoms with E-state index in [9.17, 15) is 0 Å².